The number of thiophene rings is 2. The standard InChI is InChI=1S/C22H22N4O6S2.C21H20N4O6S2/c1-12-18(34-22(24-12)26-17(28)9-13-4-3-5-15(27)8-13)20(30)25-16(21(31)32-2)10-23-19(29)14-6-7-33-11-14;1-11-17(33-21(23-11)25-16(27)8-12-3-2-4-14(26)7-12)19(29)24-15(20(30)31)9-22-18(28)13-5-6-32-10-13/h3-8,11,16,27H,9-10H2,1-2H3,(H,23,29)(H,25,30)(H,24,26,28);2-7,10,15,26H,8-9H2,1H3,(H,22,28)(H,24,29)(H,30,31)(H,23,25,27)/t16-;15-/m00/s1. The first-order chi connectivity index (χ1) is 32.0. The van der Waals surface area contributed by atoms with Crippen LogP contribution in [-0.2, 0) is 36.8 Å². The normalized spacial score (nSPS) is 11.4. The van der Waals surface area contributed by atoms with Crippen molar-refractivity contribution in [3.05, 3.63) is 126 Å². The van der Waals surface area contributed by atoms with E-state index < -0.39 is 41.7 Å². The Morgan fingerprint density at radius 1 is 0.627 bits per heavy atom. The van der Waals surface area contributed by atoms with Crippen molar-refractivity contribution in [2.45, 2.75) is 38.8 Å². The molecule has 0 saturated heterocycles. The average molecular weight is 991 g/mol. The quantitative estimate of drug-likeness (QED) is 0.0548. The fraction of sp³-hybridized carbons (Fsp3) is 0.209. The zero-order valence-corrected chi connectivity index (χ0v) is 38.9. The number of nitrogens with one attached hydrogen (secondary N) is 6. The number of aromatic nitrogens is 2. The highest BCUT2D eigenvalue weighted by Gasteiger charge is 2.27. The Hall–Kier alpha value is -7.54. The van der Waals surface area contributed by atoms with E-state index in [2.05, 4.69) is 41.9 Å². The monoisotopic (exact) mass is 990 g/mol. The molecule has 20 nitrogen and oxygen atoms in total. The number of carboxylic acid groups (broad SMARTS) is 1. The molecule has 0 unspecified atom stereocenters. The van der Waals surface area contributed by atoms with Crippen molar-refractivity contribution >= 4 is 103 Å². The molecule has 6 rings (SSSR count). The highest BCUT2D eigenvalue weighted by molar-refractivity contribution is 7.18. The van der Waals surface area contributed by atoms with E-state index in [4.69, 9.17) is 4.74 Å². The largest absolute Gasteiger partial charge is 0.508 e. The summed E-state index contributed by atoms with van der Waals surface area (Å²) in [5, 5.41) is 50.8. The lowest BCUT2D eigenvalue weighted by molar-refractivity contribution is -0.142. The third-order valence-electron chi connectivity index (χ3n) is 8.94. The van der Waals surface area contributed by atoms with Gasteiger partial charge in [-0.15, -0.1) is 0 Å². The second-order valence-electron chi connectivity index (χ2n) is 14.0. The van der Waals surface area contributed by atoms with Gasteiger partial charge < -0.3 is 52.0 Å². The number of amides is 6. The average Bonchev–Trinajstić information content (AvgIpc) is 4.13. The molecule has 2 aromatic carbocycles. The van der Waals surface area contributed by atoms with Crippen LogP contribution in [0.25, 0.3) is 0 Å². The first-order valence-corrected chi connectivity index (χ1v) is 23.1. The van der Waals surface area contributed by atoms with E-state index in [9.17, 15) is 53.7 Å². The molecule has 0 saturated carbocycles. The molecule has 24 heteroatoms. The fourth-order valence-electron chi connectivity index (χ4n) is 5.72. The number of aliphatic carboxylic acids is 1. The minimum absolute atomic E-state index is 0.000522. The van der Waals surface area contributed by atoms with Gasteiger partial charge in [-0.2, -0.15) is 22.7 Å². The summed E-state index contributed by atoms with van der Waals surface area (Å²) >= 11 is 4.55. The predicted molar refractivity (Wildman–Crippen MR) is 250 cm³/mol. The Morgan fingerprint density at radius 3 is 1.45 bits per heavy atom. The molecule has 6 amide bonds. The molecule has 0 aliphatic carbocycles. The molecule has 0 aliphatic rings. The van der Waals surface area contributed by atoms with Gasteiger partial charge in [-0.05, 0) is 72.1 Å². The van der Waals surface area contributed by atoms with Gasteiger partial charge in [-0.3, -0.25) is 28.8 Å². The van der Waals surface area contributed by atoms with Crippen molar-refractivity contribution in [1.29, 1.82) is 0 Å². The second kappa shape index (κ2) is 24.1. The molecule has 9 N–H and O–H groups in total. The lowest BCUT2D eigenvalue weighted by atomic mass is 10.1. The highest BCUT2D eigenvalue weighted by atomic mass is 32.1. The maximum Gasteiger partial charge on any atom is 0.330 e. The summed E-state index contributed by atoms with van der Waals surface area (Å²) in [5.74, 6) is -4.78. The number of hydrogen-bond donors (Lipinski definition) is 9. The Bertz CT molecular complexity index is 2740. The summed E-state index contributed by atoms with van der Waals surface area (Å²) in [5.41, 5.74) is 2.75. The number of phenols is 2. The van der Waals surface area contributed by atoms with Gasteiger partial charge >= 0.3 is 11.9 Å². The van der Waals surface area contributed by atoms with Gasteiger partial charge in [0.1, 0.15) is 33.3 Å². The SMILES string of the molecule is COC(=O)[C@H](CNC(=O)c1ccsc1)NC(=O)c1sc(NC(=O)Cc2cccc(O)c2)nc1C.Cc1nc(NC(=O)Cc2cccc(O)c2)sc1C(=O)N[C@@H](CNC(=O)c1ccsc1)C(=O)O. The van der Waals surface area contributed by atoms with Crippen LogP contribution < -0.4 is 31.9 Å². The Kier molecular flexibility index (Phi) is 18.2. The van der Waals surface area contributed by atoms with Gasteiger partial charge in [0, 0.05) is 35.0 Å². The highest BCUT2D eigenvalue weighted by Crippen LogP contribution is 2.25. The molecule has 350 valence electrons. The number of hydrogen-bond acceptors (Lipinski definition) is 17. The van der Waals surface area contributed by atoms with Crippen molar-refractivity contribution in [3.8, 4) is 11.5 Å². The molecule has 67 heavy (non-hydrogen) atoms. The van der Waals surface area contributed by atoms with E-state index in [1.54, 1.807) is 71.8 Å². The van der Waals surface area contributed by atoms with Crippen molar-refractivity contribution < 1.29 is 58.4 Å². The Labute approximate surface area is 397 Å². The molecule has 2 atom stereocenters. The first-order valence-electron chi connectivity index (χ1n) is 19.6. The van der Waals surface area contributed by atoms with Crippen LogP contribution in [0.4, 0.5) is 10.3 Å². The van der Waals surface area contributed by atoms with Crippen LogP contribution in [0, 0.1) is 13.8 Å². The molecular formula is C43H42N8O12S4. The smallest absolute Gasteiger partial charge is 0.330 e. The summed E-state index contributed by atoms with van der Waals surface area (Å²) in [6, 6.07) is 13.4. The third kappa shape index (κ3) is 15.3. The maximum atomic E-state index is 12.8. The van der Waals surface area contributed by atoms with Crippen molar-refractivity contribution in [2.24, 2.45) is 0 Å². The van der Waals surface area contributed by atoms with Crippen molar-refractivity contribution in [3.63, 3.8) is 0 Å². The zero-order valence-electron chi connectivity index (χ0n) is 35.6. The van der Waals surface area contributed by atoms with Gasteiger partial charge in [-0.25, -0.2) is 19.6 Å². The molecule has 4 aromatic heterocycles. The maximum absolute atomic E-state index is 12.8. The van der Waals surface area contributed by atoms with Crippen LogP contribution in [0.3, 0.4) is 0 Å². The minimum atomic E-state index is -1.36. The number of aryl methyl sites for hydroxylation is 2. The number of nitrogens with zero attached hydrogens (tertiary/aromatic N) is 2. The second-order valence-corrected chi connectivity index (χ2v) is 17.6. The number of methoxy groups -OCH3 is 1. The van der Waals surface area contributed by atoms with Crippen molar-refractivity contribution in [2.75, 3.05) is 30.8 Å². The predicted octanol–water partition coefficient (Wildman–Crippen LogP) is 4.11. The van der Waals surface area contributed by atoms with Gasteiger partial charge in [0.15, 0.2) is 10.3 Å². The number of ether oxygens (including phenoxy) is 1. The van der Waals surface area contributed by atoms with Gasteiger partial charge in [0.05, 0.1) is 31.3 Å². The van der Waals surface area contributed by atoms with Crippen LogP contribution in [0.5, 0.6) is 11.5 Å². The number of esters is 1. The number of aromatic hydroxyl groups is 2. The number of carbonyl (C=O) groups is 8. The fourth-order valence-corrected chi connectivity index (χ4v) is 8.76. The summed E-state index contributed by atoms with van der Waals surface area (Å²) in [6.07, 6.45) is 0.0161. The number of thiazole rings is 2. The summed E-state index contributed by atoms with van der Waals surface area (Å²) in [4.78, 5) is 107. The molecule has 6 aromatic rings. The van der Waals surface area contributed by atoms with E-state index in [0.717, 1.165) is 22.7 Å². The summed E-state index contributed by atoms with van der Waals surface area (Å²) < 4.78 is 4.74. The van der Waals surface area contributed by atoms with E-state index in [1.807, 2.05) is 0 Å². The first kappa shape index (κ1) is 50.5. The lowest BCUT2D eigenvalue weighted by Crippen LogP contribution is -2.48. The molecule has 0 spiro atoms. The van der Waals surface area contributed by atoms with Crippen molar-refractivity contribution in [1.82, 2.24) is 31.2 Å². The van der Waals surface area contributed by atoms with Gasteiger partial charge in [-0.1, -0.05) is 46.9 Å². The van der Waals surface area contributed by atoms with Crippen LogP contribution in [0.1, 0.15) is 62.6 Å². The summed E-state index contributed by atoms with van der Waals surface area (Å²) in [7, 11) is 1.18. The number of carbonyl (C=O) groups excluding carboxylic acids is 7. The lowest BCUT2D eigenvalue weighted by Gasteiger charge is -2.16. The number of anilines is 2. The minimum Gasteiger partial charge on any atom is -0.508 e. The Morgan fingerprint density at radius 2 is 1.06 bits per heavy atom. The molecule has 0 bridgehead atoms. The van der Waals surface area contributed by atoms with Crippen LogP contribution in [-0.4, -0.2) is 105 Å². The van der Waals surface area contributed by atoms with E-state index in [1.165, 1.54) is 54.0 Å². The number of rotatable bonds is 18. The third-order valence-corrected chi connectivity index (χ3v) is 12.5. The van der Waals surface area contributed by atoms with Crippen LogP contribution in [0.2, 0.25) is 0 Å². The van der Waals surface area contributed by atoms with E-state index >= 15 is 0 Å². The molecular weight excluding hydrogens is 949 g/mol. The number of carboxylic acids is 1. The topological polar surface area (TPSA) is 304 Å². The number of phenolic OH excluding ortho intramolecular Hbond substituents is 2. The Balaban J connectivity index is 0.000000251. The molecule has 0 radical (unpaired) electrons. The van der Waals surface area contributed by atoms with Crippen LogP contribution >= 0.6 is 45.3 Å². The number of benzene rings is 2. The van der Waals surface area contributed by atoms with E-state index in [0.29, 0.717) is 33.6 Å². The van der Waals surface area contributed by atoms with E-state index in [-0.39, 0.29) is 75.2 Å². The molecule has 4 heterocycles. The summed E-state index contributed by atoms with van der Waals surface area (Å²) in [6.45, 7) is 2.69. The zero-order chi connectivity index (χ0) is 48.6. The van der Waals surface area contributed by atoms with Gasteiger partial charge in [0.2, 0.25) is 11.8 Å². The van der Waals surface area contributed by atoms with Crippen LogP contribution in [0.15, 0.2) is 82.2 Å². The van der Waals surface area contributed by atoms with Gasteiger partial charge in [0.25, 0.3) is 23.6 Å². The molecule has 0 fully saturated rings. The molecule has 0 aliphatic heterocycles.